The molecule has 0 radical (unpaired) electrons. The van der Waals surface area contributed by atoms with Gasteiger partial charge in [0.2, 0.25) is 0 Å². The zero-order chi connectivity index (χ0) is 17.4. The maximum absolute atomic E-state index is 11.9. The highest BCUT2D eigenvalue weighted by Crippen LogP contribution is 2.25. The molecule has 2 rings (SSSR count). The van der Waals surface area contributed by atoms with Crippen LogP contribution in [0.25, 0.3) is 5.70 Å². The van der Waals surface area contributed by atoms with Crippen molar-refractivity contribution in [3.8, 4) is 17.2 Å². The van der Waals surface area contributed by atoms with E-state index in [1.54, 1.807) is 32.4 Å². The van der Waals surface area contributed by atoms with E-state index in [-0.39, 0.29) is 12.5 Å². The summed E-state index contributed by atoms with van der Waals surface area (Å²) in [6.07, 6.45) is 0. The fraction of sp³-hybridized carbons (Fsp3) is 0.167. The summed E-state index contributed by atoms with van der Waals surface area (Å²) >= 11 is 0. The van der Waals surface area contributed by atoms with Crippen LogP contribution in [0.15, 0.2) is 55.1 Å². The molecule has 24 heavy (non-hydrogen) atoms. The summed E-state index contributed by atoms with van der Waals surface area (Å²) in [6.45, 7) is 3.72. The van der Waals surface area contributed by atoms with Crippen molar-refractivity contribution < 1.29 is 19.0 Å². The summed E-state index contributed by atoms with van der Waals surface area (Å²) in [6, 6.07) is 14.5. The smallest absolute Gasteiger partial charge is 0.276 e. The SMILES string of the molecule is C=C(NNC(=O)COc1ccccc1OC)c1cccc(OC)c1. The molecule has 6 nitrogen and oxygen atoms in total. The molecule has 0 saturated carbocycles. The van der Waals surface area contributed by atoms with Crippen LogP contribution in [0.4, 0.5) is 0 Å². The highest BCUT2D eigenvalue weighted by molar-refractivity contribution is 5.78. The normalized spacial score (nSPS) is 9.75. The van der Waals surface area contributed by atoms with Gasteiger partial charge in [0.25, 0.3) is 5.91 Å². The van der Waals surface area contributed by atoms with Crippen LogP contribution in [-0.4, -0.2) is 26.7 Å². The van der Waals surface area contributed by atoms with Gasteiger partial charge >= 0.3 is 0 Å². The van der Waals surface area contributed by atoms with E-state index in [2.05, 4.69) is 17.4 Å². The molecule has 0 aliphatic carbocycles. The molecule has 6 heteroatoms. The first-order valence-corrected chi connectivity index (χ1v) is 7.28. The van der Waals surface area contributed by atoms with Gasteiger partial charge in [0.15, 0.2) is 18.1 Å². The Kier molecular flexibility index (Phi) is 6.08. The third-order valence-electron chi connectivity index (χ3n) is 3.20. The number of methoxy groups -OCH3 is 2. The average molecular weight is 328 g/mol. The Hall–Kier alpha value is -3.15. The van der Waals surface area contributed by atoms with Crippen LogP contribution in [0.5, 0.6) is 17.2 Å². The molecule has 126 valence electrons. The fourth-order valence-electron chi connectivity index (χ4n) is 1.95. The highest BCUT2D eigenvalue weighted by atomic mass is 16.5. The van der Waals surface area contributed by atoms with E-state index in [9.17, 15) is 4.79 Å². The zero-order valence-electron chi connectivity index (χ0n) is 13.7. The second-order valence-electron chi connectivity index (χ2n) is 4.82. The molecule has 0 aliphatic heterocycles. The molecule has 0 saturated heterocycles. The Morgan fingerprint density at radius 1 is 1.00 bits per heavy atom. The summed E-state index contributed by atoms with van der Waals surface area (Å²) in [5.74, 6) is 1.44. The van der Waals surface area contributed by atoms with E-state index in [4.69, 9.17) is 14.2 Å². The summed E-state index contributed by atoms with van der Waals surface area (Å²) in [5, 5.41) is 0. The molecule has 0 aliphatic rings. The number of rotatable bonds is 8. The van der Waals surface area contributed by atoms with Gasteiger partial charge < -0.3 is 14.2 Å². The lowest BCUT2D eigenvalue weighted by atomic mass is 10.2. The summed E-state index contributed by atoms with van der Waals surface area (Å²) in [5.41, 5.74) is 6.63. The predicted octanol–water partition coefficient (Wildman–Crippen LogP) is 2.37. The van der Waals surface area contributed by atoms with Gasteiger partial charge in [0.05, 0.1) is 19.9 Å². The lowest BCUT2D eigenvalue weighted by molar-refractivity contribution is -0.123. The van der Waals surface area contributed by atoms with Crippen molar-refractivity contribution in [3.63, 3.8) is 0 Å². The lowest BCUT2D eigenvalue weighted by Gasteiger charge is -2.13. The fourth-order valence-corrected chi connectivity index (χ4v) is 1.95. The first-order valence-electron chi connectivity index (χ1n) is 7.28. The van der Waals surface area contributed by atoms with E-state index in [1.807, 2.05) is 30.3 Å². The molecule has 0 fully saturated rings. The van der Waals surface area contributed by atoms with Gasteiger partial charge in [-0.3, -0.25) is 15.6 Å². The number of hydrogen-bond donors (Lipinski definition) is 2. The number of hydrazine groups is 1. The van der Waals surface area contributed by atoms with E-state index >= 15 is 0 Å². The molecule has 1 amide bonds. The maximum atomic E-state index is 11.9. The first-order chi connectivity index (χ1) is 11.6. The predicted molar refractivity (Wildman–Crippen MR) is 91.8 cm³/mol. The van der Waals surface area contributed by atoms with E-state index < -0.39 is 0 Å². The molecule has 2 aromatic carbocycles. The van der Waals surface area contributed by atoms with Crippen LogP contribution in [0.3, 0.4) is 0 Å². The number of carbonyl (C=O) groups excluding carboxylic acids is 1. The highest BCUT2D eigenvalue weighted by Gasteiger charge is 2.07. The van der Waals surface area contributed by atoms with Crippen LogP contribution < -0.4 is 25.1 Å². The molecule has 0 unspecified atom stereocenters. The second kappa shape index (κ2) is 8.47. The number of para-hydroxylation sites is 2. The van der Waals surface area contributed by atoms with E-state index in [0.717, 1.165) is 5.56 Å². The lowest BCUT2D eigenvalue weighted by Crippen LogP contribution is -2.39. The minimum Gasteiger partial charge on any atom is -0.497 e. The quantitative estimate of drug-likeness (QED) is 0.728. The van der Waals surface area contributed by atoms with Crippen molar-refractivity contribution in [2.45, 2.75) is 0 Å². The molecule has 0 bridgehead atoms. The van der Waals surface area contributed by atoms with Crippen LogP contribution in [0.1, 0.15) is 5.56 Å². The average Bonchev–Trinajstić information content (AvgIpc) is 2.64. The molecule has 0 aromatic heterocycles. The van der Waals surface area contributed by atoms with Crippen molar-refractivity contribution in [1.29, 1.82) is 0 Å². The van der Waals surface area contributed by atoms with Gasteiger partial charge in [-0.2, -0.15) is 0 Å². The van der Waals surface area contributed by atoms with Crippen molar-refractivity contribution in [3.05, 3.63) is 60.7 Å². The van der Waals surface area contributed by atoms with E-state index in [0.29, 0.717) is 22.9 Å². The monoisotopic (exact) mass is 328 g/mol. The summed E-state index contributed by atoms with van der Waals surface area (Å²) < 4.78 is 15.7. The number of ether oxygens (including phenoxy) is 3. The number of benzene rings is 2. The molecular weight excluding hydrogens is 308 g/mol. The van der Waals surface area contributed by atoms with E-state index in [1.165, 1.54) is 0 Å². The molecular formula is C18H20N2O4. The Morgan fingerprint density at radius 3 is 2.46 bits per heavy atom. The molecule has 0 heterocycles. The van der Waals surface area contributed by atoms with Gasteiger partial charge in [-0.05, 0) is 24.3 Å². The summed E-state index contributed by atoms with van der Waals surface area (Å²) in [7, 11) is 3.13. The summed E-state index contributed by atoms with van der Waals surface area (Å²) in [4.78, 5) is 11.9. The third-order valence-corrected chi connectivity index (χ3v) is 3.20. The standard InChI is InChI=1S/C18H20N2O4/c1-13(14-7-6-8-15(11-14)22-2)19-20-18(21)12-24-17-10-5-4-9-16(17)23-3/h4-11,19H,1,12H2,2-3H3,(H,20,21). The number of hydrogen-bond acceptors (Lipinski definition) is 5. The minimum atomic E-state index is -0.343. The Balaban J connectivity index is 1.83. The van der Waals surface area contributed by atoms with Gasteiger partial charge in [-0.25, -0.2) is 0 Å². The largest absolute Gasteiger partial charge is 0.497 e. The maximum Gasteiger partial charge on any atom is 0.276 e. The first kappa shape index (κ1) is 17.2. The van der Waals surface area contributed by atoms with Crippen molar-refractivity contribution in [2.75, 3.05) is 20.8 Å². The Morgan fingerprint density at radius 2 is 1.75 bits per heavy atom. The third kappa shape index (κ3) is 4.67. The second-order valence-corrected chi connectivity index (χ2v) is 4.82. The van der Waals surface area contributed by atoms with Gasteiger partial charge in [0.1, 0.15) is 5.75 Å². The number of amides is 1. The number of carbonyl (C=O) groups is 1. The van der Waals surface area contributed by atoms with Crippen LogP contribution in [-0.2, 0) is 4.79 Å². The van der Waals surface area contributed by atoms with Crippen molar-refractivity contribution >= 4 is 11.6 Å². The van der Waals surface area contributed by atoms with Gasteiger partial charge in [-0.1, -0.05) is 30.8 Å². The number of nitrogens with one attached hydrogen (secondary N) is 2. The van der Waals surface area contributed by atoms with Crippen molar-refractivity contribution in [1.82, 2.24) is 10.9 Å². The van der Waals surface area contributed by atoms with Gasteiger partial charge in [-0.15, -0.1) is 0 Å². The van der Waals surface area contributed by atoms with Gasteiger partial charge in [0, 0.05) is 5.56 Å². The van der Waals surface area contributed by atoms with Crippen LogP contribution in [0, 0.1) is 0 Å². The molecule has 0 atom stereocenters. The van der Waals surface area contributed by atoms with Crippen LogP contribution >= 0.6 is 0 Å². The molecule has 0 spiro atoms. The Labute approximate surface area is 141 Å². The molecule has 2 N–H and O–H groups in total. The zero-order valence-corrected chi connectivity index (χ0v) is 13.7. The van der Waals surface area contributed by atoms with Crippen LogP contribution in [0.2, 0.25) is 0 Å². The topological polar surface area (TPSA) is 68.8 Å². The Bertz CT molecular complexity index is 716. The molecule has 2 aromatic rings. The van der Waals surface area contributed by atoms with Crippen molar-refractivity contribution in [2.24, 2.45) is 0 Å². The minimum absolute atomic E-state index is 0.154.